The number of hydrogen-bond acceptors (Lipinski definition) is 6. The number of carbonyl (C=O) groups excluding carboxylic acids is 2. The van der Waals surface area contributed by atoms with Crippen molar-refractivity contribution in [3.8, 4) is 11.5 Å². The normalized spacial score (nSPS) is 13.4. The number of carbonyl (C=O) groups is 2. The quantitative estimate of drug-likeness (QED) is 0.333. The second-order valence-electron chi connectivity index (χ2n) is 10.6. The smallest absolute Gasteiger partial charge is 0.194 e. The third-order valence-electron chi connectivity index (χ3n) is 6.85. The van der Waals surface area contributed by atoms with E-state index >= 15 is 0 Å². The number of nitrogens with zero attached hydrogens (tertiary/aromatic N) is 2. The molecule has 36 heavy (non-hydrogen) atoms. The summed E-state index contributed by atoms with van der Waals surface area (Å²) in [5, 5.41) is 0. The van der Waals surface area contributed by atoms with Crippen molar-refractivity contribution in [2.45, 2.75) is 79.6 Å². The minimum absolute atomic E-state index is 0.159. The molecular formula is C30H42N2O4. The molecule has 0 unspecified atom stereocenters. The first-order chi connectivity index (χ1) is 17.0. The van der Waals surface area contributed by atoms with Crippen LogP contribution in [0.3, 0.4) is 0 Å². The fourth-order valence-corrected chi connectivity index (χ4v) is 5.05. The number of benzene rings is 2. The Morgan fingerprint density at radius 3 is 1.19 bits per heavy atom. The summed E-state index contributed by atoms with van der Waals surface area (Å²) in [5.74, 6) is 0.887. The number of ether oxygens (including phenoxy) is 2. The topological polar surface area (TPSA) is 59.1 Å². The number of fused-ring (bicyclic) bond motifs is 2. The minimum atomic E-state index is -0.159. The Bertz CT molecular complexity index is 973. The third kappa shape index (κ3) is 6.34. The van der Waals surface area contributed by atoms with Crippen LogP contribution in [0.15, 0.2) is 36.4 Å². The molecule has 0 amide bonds. The van der Waals surface area contributed by atoms with Gasteiger partial charge < -0.3 is 9.47 Å². The van der Waals surface area contributed by atoms with Crippen LogP contribution in [0.5, 0.6) is 11.5 Å². The van der Waals surface area contributed by atoms with Crippen molar-refractivity contribution in [3.05, 3.63) is 58.7 Å². The van der Waals surface area contributed by atoms with E-state index in [4.69, 9.17) is 9.47 Å². The highest BCUT2D eigenvalue weighted by Gasteiger charge is 2.30. The average Bonchev–Trinajstić information content (AvgIpc) is 2.81. The molecule has 196 valence electrons. The van der Waals surface area contributed by atoms with E-state index in [1.165, 1.54) is 0 Å². The van der Waals surface area contributed by atoms with Gasteiger partial charge in [0.15, 0.2) is 11.6 Å². The van der Waals surface area contributed by atoms with Crippen LogP contribution in [0.2, 0.25) is 0 Å². The SMILES string of the molecule is CC(C)N(CCOc1ccc2c(c1)C(=O)c1ccc(OCCN(C(C)C)C(C)C)cc1C2=O)C(C)C. The molecule has 0 heterocycles. The molecule has 6 nitrogen and oxygen atoms in total. The predicted octanol–water partition coefficient (Wildman–Crippen LogP) is 5.46. The zero-order valence-corrected chi connectivity index (χ0v) is 23.1. The molecule has 0 bridgehead atoms. The van der Waals surface area contributed by atoms with E-state index in [0.717, 1.165) is 13.1 Å². The summed E-state index contributed by atoms with van der Waals surface area (Å²) in [4.78, 5) is 31.2. The fraction of sp³-hybridized carbons (Fsp3) is 0.533. The van der Waals surface area contributed by atoms with Crippen molar-refractivity contribution >= 4 is 11.6 Å². The van der Waals surface area contributed by atoms with Crippen molar-refractivity contribution in [3.63, 3.8) is 0 Å². The van der Waals surface area contributed by atoms with Crippen LogP contribution in [-0.2, 0) is 0 Å². The number of rotatable bonds is 12. The maximum Gasteiger partial charge on any atom is 0.194 e. The van der Waals surface area contributed by atoms with Crippen LogP contribution in [-0.4, -0.2) is 71.8 Å². The summed E-state index contributed by atoms with van der Waals surface area (Å²) >= 11 is 0. The van der Waals surface area contributed by atoms with Crippen LogP contribution < -0.4 is 9.47 Å². The zero-order valence-electron chi connectivity index (χ0n) is 23.1. The lowest BCUT2D eigenvalue weighted by atomic mass is 9.84. The van der Waals surface area contributed by atoms with Gasteiger partial charge in [-0.1, -0.05) is 0 Å². The lowest BCUT2D eigenvalue weighted by Crippen LogP contribution is -2.39. The molecule has 0 saturated carbocycles. The number of ketones is 2. The second-order valence-corrected chi connectivity index (χ2v) is 10.6. The maximum absolute atomic E-state index is 13.3. The molecular weight excluding hydrogens is 452 g/mol. The van der Waals surface area contributed by atoms with E-state index in [1.54, 1.807) is 36.4 Å². The van der Waals surface area contributed by atoms with Crippen molar-refractivity contribution in [2.75, 3.05) is 26.3 Å². The first-order valence-corrected chi connectivity index (χ1v) is 13.2. The summed E-state index contributed by atoms with van der Waals surface area (Å²) in [7, 11) is 0. The molecule has 0 aromatic heterocycles. The highest BCUT2D eigenvalue weighted by atomic mass is 16.5. The van der Waals surface area contributed by atoms with Crippen molar-refractivity contribution in [2.24, 2.45) is 0 Å². The monoisotopic (exact) mass is 494 g/mol. The molecule has 2 aromatic carbocycles. The average molecular weight is 495 g/mol. The Morgan fingerprint density at radius 1 is 0.556 bits per heavy atom. The lowest BCUT2D eigenvalue weighted by Gasteiger charge is -2.30. The predicted molar refractivity (Wildman–Crippen MR) is 145 cm³/mol. The second kappa shape index (κ2) is 12.0. The molecule has 1 aliphatic rings. The van der Waals surface area contributed by atoms with Gasteiger partial charge >= 0.3 is 0 Å². The van der Waals surface area contributed by atoms with Gasteiger partial charge in [0.25, 0.3) is 0 Å². The molecule has 2 aromatic rings. The first kappa shape index (κ1) is 27.9. The molecule has 1 aliphatic carbocycles. The Hall–Kier alpha value is -2.70. The standard InChI is InChI=1S/C30H42N2O4/c1-19(2)31(20(3)4)13-15-35-23-9-11-25-27(17-23)29(33)26-12-10-24(18-28(26)30(25)34)36-16-14-32(21(5)6)22(7)8/h9-12,17-22H,13-16H2,1-8H3. The summed E-state index contributed by atoms with van der Waals surface area (Å²) in [6.07, 6.45) is 0. The van der Waals surface area contributed by atoms with E-state index < -0.39 is 0 Å². The van der Waals surface area contributed by atoms with Crippen molar-refractivity contribution in [1.82, 2.24) is 9.80 Å². The zero-order chi connectivity index (χ0) is 26.6. The maximum atomic E-state index is 13.3. The van der Waals surface area contributed by atoms with Crippen LogP contribution in [0.4, 0.5) is 0 Å². The minimum Gasteiger partial charge on any atom is -0.492 e. The van der Waals surface area contributed by atoms with Crippen molar-refractivity contribution < 1.29 is 19.1 Å². The van der Waals surface area contributed by atoms with E-state index in [2.05, 4.69) is 65.2 Å². The summed E-state index contributed by atoms with van der Waals surface area (Å²) in [6, 6.07) is 12.0. The summed E-state index contributed by atoms with van der Waals surface area (Å²) in [5.41, 5.74) is 1.61. The highest BCUT2D eigenvalue weighted by Crippen LogP contribution is 2.32. The van der Waals surface area contributed by atoms with E-state index in [1.807, 2.05) is 0 Å². The Balaban J connectivity index is 1.70. The largest absolute Gasteiger partial charge is 0.492 e. The molecule has 0 saturated heterocycles. The van der Waals surface area contributed by atoms with Crippen LogP contribution in [0.1, 0.15) is 87.2 Å². The molecule has 0 spiro atoms. The van der Waals surface area contributed by atoms with Gasteiger partial charge in [-0.3, -0.25) is 19.4 Å². The molecule has 3 rings (SSSR count). The molecule has 0 aliphatic heterocycles. The van der Waals surface area contributed by atoms with Gasteiger partial charge in [-0.25, -0.2) is 0 Å². The van der Waals surface area contributed by atoms with E-state index in [0.29, 0.717) is 71.1 Å². The molecule has 0 atom stereocenters. The van der Waals surface area contributed by atoms with Crippen LogP contribution in [0, 0.1) is 0 Å². The Kier molecular flexibility index (Phi) is 9.31. The van der Waals surface area contributed by atoms with Crippen LogP contribution >= 0.6 is 0 Å². The molecule has 0 radical (unpaired) electrons. The van der Waals surface area contributed by atoms with Gasteiger partial charge in [0.1, 0.15) is 24.7 Å². The van der Waals surface area contributed by atoms with Crippen molar-refractivity contribution in [1.29, 1.82) is 0 Å². The molecule has 0 N–H and O–H groups in total. The fourth-order valence-electron chi connectivity index (χ4n) is 5.05. The van der Waals surface area contributed by atoms with E-state index in [-0.39, 0.29) is 11.6 Å². The first-order valence-electron chi connectivity index (χ1n) is 13.2. The third-order valence-corrected chi connectivity index (χ3v) is 6.85. The van der Waals surface area contributed by atoms with Gasteiger partial charge in [0.2, 0.25) is 0 Å². The highest BCUT2D eigenvalue weighted by molar-refractivity contribution is 6.28. The van der Waals surface area contributed by atoms with Gasteiger partial charge in [-0.05, 0) is 91.8 Å². The lowest BCUT2D eigenvalue weighted by molar-refractivity contribution is 0.0978. The summed E-state index contributed by atoms with van der Waals surface area (Å²) in [6.45, 7) is 20.0. The Labute approximate surface area is 216 Å². The van der Waals surface area contributed by atoms with Gasteiger partial charge in [-0.15, -0.1) is 0 Å². The van der Waals surface area contributed by atoms with Crippen LogP contribution in [0.25, 0.3) is 0 Å². The Morgan fingerprint density at radius 2 is 0.889 bits per heavy atom. The molecule has 0 fully saturated rings. The molecule has 6 heteroatoms. The van der Waals surface area contributed by atoms with Gasteiger partial charge in [0.05, 0.1) is 0 Å². The summed E-state index contributed by atoms with van der Waals surface area (Å²) < 4.78 is 11.9. The van der Waals surface area contributed by atoms with Gasteiger partial charge in [-0.2, -0.15) is 0 Å². The van der Waals surface area contributed by atoms with E-state index in [9.17, 15) is 9.59 Å². The van der Waals surface area contributed by atoms with Gasteiger partial charge in [0, 0.05) is 59.5 Å². The number of hydrogen-bond donors (Lipinski definition) is 0.